The number of anilines is 3. The highest BCUT2D eigenvalue weighted by atomic mass is 32.1. The Morgan fingerprint density at radius 2 is 1.73 bits per heavy atom. The standard InChI is InChI=1S/C17H25N7OS/c18-10-4-8-24(9-5-10)17-21-15(23-6-2-1-3-7-23)11-12(19)13(14(20)25)26-16(11)22-17/h10H,1-9,18-19H2,(H2,20,25). The summed E-state index contributed by atoms with van der Waals surface area (Å²) < 4.78 is 0. The van der Waals surface area contributed by atoms with Crippen LogP contribution >= 0.6 is 11.3 Å². The average molecular weight is 376 g/mol. The molecule has 2 fully saturated rings. The number of piperidine rings is 2. The minimum absolute atomic E-state index is 0.246. The number of nitrogens with two attached hydrogens (primary N) is 3. The number of hydrogen-bond donors (Lipinski definition) is 3. The minimum atomic E-state index is -0.513. The third-order valence-corrected chi connectivity index (χ3v) is 6.37. The van der Waals surface area contributed by atoms with Gasteiger partial charge in [0.1, 0.15) is 15.5 Å². The zero-order valence-corrected chi connectivity index (χ0v) is 15.6. The molecule has 4 heterocycles. The van der Waals surface area contributed by atoms with Gasteiger partial charge in [0.15, 0.2) is 0 Å². The van der Waals surface area contributed by atoms with E-state index in [1.165, 1.54) is 17.8 Å². The lowest BCUT2D eigenvalue weighted by atomic mass is 10.1. The fourth-order valence-electron chi connectivity index (χ4n) is 3.75. The van der Waals surface area contributed by atoms with Crippen molar-refractivity contribution in [3.63, 3.8) is 0 Å². The molecule has 26 heavy (non-hydrogen) atoms. The van der Waals surface area contributed by atoms with Gasteiger partial charge in [-0.15, -0.1) is 11.3 Å². The predicted octanol–water partition coefficient (Wildman–Crippen LogP) is 1.29. The molecule has 8 nitrogen and oxygen atoms in total. The fourth-order valence-corrected chi connectivity index (χ4v) is 4.69. The van der Waals surface area contributed by atoms with Crippen molar-refractivity contribution in [2.75, 3.05) is 41.7 Å². The molecule has 0 unspecified atom stereocenters. The van der Waals surface area contributed by atoms with Gasteiger partial charge in [-0.2, -0.15) is 4.98 Å². The fraction of sp³-hybridized carbons (Fsp3) is 0.588. The number of rotatable bonds is 3. The SMILES string of the molecule is NC(=O)c1sc2nc(N3CCC(N)CC3)nc(N3CCCCC3)c2c1N. The highest BCUT2D eigenvalue weighted by Gasteiger charge is 2.26. The first-order valence-corrected chi connectivity index (χ1v) is 10.0. The Balaban J connectivity index is 1.82. The molecule has 2 aliphatic heterocycles. The Kier molecular flexibility index (Phi) is 4.58. The topological polar surface area (TPSA) is 127 Å². The van der Waals surface area contributed by atoms with E-state index in [4.69, 9.17) is 27.2 Å². The summed E-state index contributed by atoms with van der Waals surface area (Å²) in [4.78, 5) is 26.9. The first kappa shape index (κ1) is 17.3. The highest BCUT2D eigenvalue weighted by molar-refractivity contribution is 7.21. The van der Waals surface area contributed by atoms with Gasteiger partial charge in [-0.25, -0.2) is 4.98 Å². The Morgan fingerprint density at radius 1 is 1.04 bits per heavy atom. The summed E-state index contributed by atoms with van der Waals surface area (Å²) >= 11 is 1.26. The highest BCUT2D eigenvalue weighted by Crippen LogP contribution is 2.39. The average Bonchev–Trinajstić information content (AvgIpc) is 2.99. The number of nitrogen functional groups attached to an aromatic ring is 1. The molecule has 0 atom stereocenters. The van der Waals surface area contributed by atoms with Crippen LogP contribution in [0.4, 0.5) is 17.5 Å². The Labute approximate surface area is 156 Å². The maximum atomic E-state index is 11.8. The van der Waals surface area contributed by atoms with E-state index in [0.717, 1.165) is 67.9 Å². The van der Waals surface area contributed by atoms with Gasteiger partial charge < -0.3 is 27.0 Å². The van der Waals surface area contributed by atoms with Crippen molar-refractivity contribution in [1.82, 2.24) is 9.97 Å². The number of nitrogens with zero attached hydrogens (tertiary/aromatic N) is 4. The maximum absolute atomic E-state index is 11.8. The van der Waals surface area contributed by atoms with Crippen LogP contribution < -0.4 is 27.0 Å². The van der Waals surface area contributed by atoms with Gasteiger partial charge in [0, 0.05) is 32.2 Å². The van der Waals surface area contributed by atoms with Crippen LogP contribution in [0.5, 0.6) is 0 Å². The second-order valence-electron chi connectivity index (χ2n) is 7.11. The van der Waals surface area contributed by atoms with Gasteiger partial charge in [-0.3, -0.25) is 4.79 Å². The molecule has 140 valence electrons. The lowest BCUT2D eigenvalue weighted by Crippen LogP contribution is -2.40. The Morgan fingerprint density at radius 3 is 2.38 bits per heavy atom. The number of carbonyl (C=O) groups is 1. The van der Waals surface area contributed by atoms with Gasteiger partial charge in [0.2, 0.25) is 5.95 Å². The molecule has 9 heteroatoms. The molecule has 2 aliphatic rings. The molecule has 2 aromatic rings. The summed E-state index contributed by atoms with van der Waals surface area (Å²) in [6, 6.07) is 0.246. The first-order valence-electron chi connectivity index (χ1n) is 9.20. The smallest absolute Gasteiger partial charge is 0.260 e. The lowest BCUT2D eigenvalue weighted by molar-refractivity contribution is 0.100. The summed E-state index contributed by atoms with van der Waals surface area (Å²) in [7, 11) is 0. The van der Waals surface area contributed by atoms with E-state index in [2.05, 4.69) is 9.80 Å². The minimum Gasteiger partial charge on any atom is -0.397 e. The van der Waals surface area contributed by atoms with Gasteiger partial charge in [0.05, 0.1) is 11.1 Å². The summed E-state index contributed by atoms with van der Waals surface area (Å²) in [5.41, 5.74) is 18.2. The molecule has 2 saturated heterocycles. The largest absolute Gasteiger partial charge is 0.397 e. The van der Waals surface area contributed by atoms with Crippen LogP contribution in [0, 0.1) is 0 Å². The first-order chi connectivity index (χ1) is 12.5. The summed E-state index contributed by atoms with van der Waals surface area (Å²) in [6.07, 6.45) is 5.35. The quantitative estimate of drug-likeness (QED) is 0.737. The number of primary amides is 1. The van der Waals surface area contributed by atoms with Crippen LogP contribution in [-0.2, 0) is 0 Å². The molecule has 0 saturated carbocycles. The van der Waals surface area contributed by atoms with Crippen molar-refractivity contribution in [2.24, 2.45) is 11.5 Å². The van der Waals surface area contributed by atoms with Crippen molar-refractivity contribution < 1.29 is 4.79 Å². The third-order valence-electron chi connectivity index (χ3n) is 5.26. The molecular formula is C17H25N7OS. The molecule has 0 spiro atoms. The van der Waals surface area contributed by atoms with Crippen LogP contribution in [0.2, 0.25) is 0 Å². The molecule has 0 bridgehead atoms. The molecule has 0 aliphatic carbocycles. The lowest BCUT2D eigenvalue weighted by Gasteiger charge is -2.32. The molecular weight excluding hydrogens is 350 g/mol. The van der Waals surface area contributed by atoms with E-state index in [9.17, 15) is 4.79 Å². The van der Waals surface area contributed by atoms with Gasteiger partial charge >= 0.3 is 0 Å². The van der Waals surface area contributed by atoms with E-state index in [-0.39, 0.29) is 6.04 Å². The Bertz CT molecular complexity index is 822. The number of hydrogen-bond acceptors (Lipinski definition) is 8. The van der Waals surface area contributed by atoms with E-state index >= 15 is 0 Å². The molecule has 1 amide bonds. The molecule has 0 aromatic carbocycles. The number of carbonyl (C=O) groups excluding carboxylic acids is 1. The number of aromatic nitrogens is 2. The van der Waals surface area contributed by atoms with E-state index in [1.54, 1.807) is 0 Å². The number of fused-ring (bicyclic) bond motifs is 1. The van der Waals surface area contributed by atoms with Crippen molar-refractivity contribution in [2.45, 2.75) is 38.1 Å². The molecule has 2 aromatic heterocycles. The van der Waals surface area contributed by atoms with E-state index in [0.29, 0.717) is 16.5 Å². The molecule has 6 N–H and O–H groups in total. The van der Waals surface area contributed by atoms with Gasteiger partial charge in [-0.05, 0) is 32.1 Å². The van der Waals surface area contributed by atoms with Gasteiger partial charge in [-0.1, -0.05) is 0 Å². The monoisotopic (exact) mass is 375 g/mol. The predicted molar refractivity (Wildman–Crippen MR) is 106 cm³/mol. The van der Waals surface area contributed by atoms with Crippen LogP contribution in [0.1, 0.15) is 41.8 Å². The van der Waals surface area contributed by atoms with Crippen LogP contribution in [0.3, 0.4) is 0 Å². The second kappa shape index (κ2) is 6.88. The third kappa shape index (κ3) is 3.05. The normalized spacial score (nSPS) is 19.3. The summed E-state index contributed by atoms with van der Waals surface area (Å²) in [6.45, 7) is 3.57. The summed E-state index contributed by atoms with van der Waals surface area (Å²) in [5, 5.41) is 0.767. The molecule has 4 rings (SSSR count). The zero-order valence-electron chi connectivity index (χ0n) is 14.8. The van der Waals surface area contributed by atoms with Crippen LogP contribution in [0.15, 0.2) is 0 Å². The maximum Gasteiger partial charge on any atom is 0.260 e. The number of amides is 1. The van der Waals surface area contributed by atoms with Crippen LogP contribution in [-0.4, -0.2) is 48.1 Å². The van der Waals surface area contributed by atoms with E-state index in [1.807, 2.05) is 0 Å². The zero-order chi connectivity index (χ0) is 18.3. The van der Waals surface area contributed by atoms with Crippen molar-refractivity contribution in [3.8, 4) is 0 Å². The number of thiophene rings is 1. The van der Waals surface area contributed by atoms with E-state index < -0.39 is 5.91 Å². The van der Waals surface area contributed by atoms with Crippen molar-refractivity contribution in [3.05, 3.63) is 4.88 Å². The van der Waals surface area contributed by atoms with Crippen molar-refractivity contribution >= 4 is 44.9 Å². The van der Waals surface area contributed by atoms with Gasteiger partial charge in [0.25, 0.3) is 5.91 Å². The molecule has 0 radical (unpaired) electrons. The second-order valence-corrected chi connectivity index (χ2v) is 8.11. The summed E-state index contributed by atoms with van der Waals surface area (Å²) in [5.74, 6) is 1.02. The van der Waals surface area contributed by atoms with Crippen molar-refractivity contribution in [1.29, 1.82) is 0 Å². The van der Waals surface area contributed by atoms with Crippen LogP contribution in [0.25, 0.3) is 10.2 Å². The Hall–Kier alpha value is -2.13.